The molecule has 1 amide bonds. The van der Waals surface area contributed by atoms with Gasteiger partial charge in [-0.15, -0.1) is 0 Å². The fourth-order valence-electron chi connectivity index (χ4n) is 4.14. The monoisotopic (exact) mass is 543 g/mol. The topological polar surface area (TPSA) is 67.6 Å². The number of aldehydes is 1. The van der Waals surface area contributed by atoms with Crippen LogP contribution in [0.15, 0.2) is 69.9 Å². The van der Waals surface area contributed by atoms with Crippen molar-refractivity contribution < 1.29 is 31.6 Å². The molecule has 10 heteroatoms. The van der Waals surface area contributed by atoms with E-state index in [2.05, 4.69) is 0 Å². The van der Waals surface area contributed by atoms with Crippen LogP contribution in [0.25, 0.3) is 28.2 Å². The van der Waals surface area contributed by atoms with Crippen molar-refractivity contribution in [3.8, 4) is 11.1 Å². The molecule has 0 aliphatic rings. The molecule has 4 aromatic rings. The van der Waals surface area contributed by atoms with Crippen molar-refractivity contribution in [2.75, 3.05) is 4.90 Å². The van der Waals surface area contributed by atoms with Gasteiger partial charge in [0, 0.05) is 29.0 Å². The molecule has 1 aromatic heterocycles. The lowest BCUT2D eigenvalue weighted by molar-refractivity contribution is -0.137. The van der Waals surface area contributed by atoms with Gasteiger partial charge < -0.3 is 4.42 Å². The molecule has 3 aromatic carbocycles. The third kappa shape index (κ3) is 5.10. The maximum atomic E-state index is 14.0. The Morgan fingerprint density at radius 2 is 1.82 bits per heavy atom. The van der Waals surface area contributed by atoms with Gasteiger partial charge in [-0.3, -0.25) is 14.5 Å². The first kappa shape index (κ1) is 26.8. The van der Waals surface area contributed by atoms with Crippen LogP contribution in [0.3, 0.4) is 0 Å². The Bertz CT molecular complexity index is 1670. The third-order valence-corrected chi connectivity index (χ3v) is 6.16. The maximum absolute atomic E-state index is 14.0. The van der Waals surface area contributed by atoms with Gasteiger partial charge in [0.1, 0.15) is 23.4 Å². The van der Waals surface area contributed by atoms with Gasteiger partial charge in [-0.25, -0.2) is 9.18 Å². The van der Waals surface area contributed by atoms with Crippen LogP contribution in [0.5, 0.6) is 0 Å². The maximum Gasteiger partial charge on any atom is 0.418 e. The lowest BCUT2D eigenvalue weighted by atomic mass is 9.96. The van der Waals surface area contributed by atoms with Gasteiger partial charge in [0.25, 0.3) is 0 Å². The fourth-order valence-corrected chi connectivity index (χ4v) is 4.30. The van der Waals surface area contributed by atoms with Crippen molar-refractivity contribution in [2.24, 2.45) is 0 Å². The van der Waals surface area contributed by atoms with E-state index in [1.54, 1.807) is 37.3 Å². The summed E-state index contributed by atoms with van der Waals surface area (Å²) in [5, 5.41) is 0.572. The molecule has 0 radical (unpaired) electrons. The summed E-state index contributed by atoms with van der Waals surface area (Å²) in [7, 11) is 0. The molecular weight excluding hydrogens is 526 g/mol. The summed E-state index contributed by atoms with van der Waals surface area (Å²) in [5.74, 6) is -2.12. The molecule has 0 N–H and O–H groups in total. The van der Waals surface area contributed by atoms with Crippen LogP contribution in [0, 0.1) is 12.7 Å². The van der Waals surface area contributed by atoms with Crippen LogP contribution in [-0.2, 0) is 15.8 Å². The van der Waals surface area contributed by atoms with Crippen molar-refractivity contribution in [2.45, 2.75) is 20.0 Å². The number of anilines is 2. The van der Waals surface area contributed by atoms with E-state index in [0.717, 1.165) is 19.1 Å². The zero-order chi connectivity index (χ0) is 27.8. The van der Waals surface area contributed by atoms with E-state index in [1.165, 1.54) is 18.2 Å². The molecule has 0 saturated carbocycles. The van der Waals surface area contributed by atoms with Gasteiger partial charge in [-0.2, -0.15) is 13.2 Å². The molecule has 0 bridgehead atoms. The van der Waals surface area contributed by atoms with Gasteiger partial charge in [0.2, 0.25) is 5.91 Å². The Labute approximate surface area is 218 Å². The van der Waals surface area contributed by atoms with E-state index in [9.17, 15) is 31.9 Å². The number of fused-ring (bicyclic) bond motifs is 1. The number of benzene rings is 3. The second kappa shape index (κ2) is 10.3. The van der Waals surface area contributed by atoms with E-state index in [1.807, 2.05) is 0 Å². The molecule has 0 unspecified atom stereocenters. The summed E-state index contributed by atoms with van der Waals surface area (Å²) in [6, 6.07) is 11.2. The molecule has 0 aliphatic heterocycles. The quantitative estimate of drug-likeness (QED) is 0.113. The van der Waals surface area contributed by atoms with Gasteiger partial charge >= 0.3 is 11.8 Å². The summed E-state index contributed by atoms with van der Waals surface area (Å²) in [6.45, 7) is 2.66. The minimum absolute atomic E-state index is 0.0387. The second-order valence-corrected chi connectivity index (χ2v) is 8.75. The van der Waals surface area contributed by atoms with Crippen molar-refractivity contribution in [1.29, 1.82) is 0 Å². The highest BCUT2D eigenvalue weighted by molar-refractivity contribution is 6.32. The lowest BCUT2D eigenvalue weighted by Gasteiger charge is -2.26. The minimum Gasteiger partial charge on any atom is -0.421 e. The Balaban J connectivity index is 2.17. The van der Waals surface area contributed by atoms with E-state index in [0.29, 0.717) is 33.3 Å². The Hall–Kier alpha value is -4.24. The highest BCUT2D eigenvalue weighted by Gasteiger charge is 2.38. The zero-order valence-corrected chi connectivity index (χ0v) is 20.7. The van der Waals surface area contributed by atoms with Crippen molar-refractivity contribution in [3.05, 3.63) is 98.6 Å². The predicted octanol–water partition coefficient (Wildman–Crippen LogP) is 7.48. The summed E-state index contributed by atoms with van der Waals surface area (Å²) < 4.78 is 61.2. The molecule has 0 fully saturated rings. The molecule has 0 saturated heterocycles. The highest BCUT2D eigenvalue weighted by atomic mass is 35.5. The van der Waals surface area contributed by atoms with Crippen LogP contribution < -0.4 is 10.5 Å². The molecule has 0 aliphatic carbocycles. The first-order chi connectivity index (χ1) is 17.9. The van der Waals surface area contributed by atoms with Crippen LogP contribution in [0.1, 0.15) is 23.6 Å². The Morgan fingerprint density at radius 3 is 2.47 bits per heavy atom. The number of halogens is 5. The number of hydrogen-bond donors (Lipinski definition) is 0. The van der Waals surface area contributed by atoms with Gasteiger partial charge in [-0.1, -0.05) is 35.9 Å². The van der Waals surface area contributed by atoms with Crippen molar-refractivity contribution in [1.82, 2.24) is 0 Å². The van der Waals surface area contributed by atoms with Gasteiger partial charge in [0.05, 0.1) is 11.3 Å². The number of hydrogen-bond acceptors (Lipinski definition) is 4. The largest absolute Gasteiger partial charge is 0.421 e. The first-order valence-corrected chi connectivity index (χ1v) is 11.5. The summed E-state index contributed by atoms with van der Waals surface area (Å²) in [4.78, 5) is 37.7. The SMILES string of the molecule is CC(=O)N(c1ccc(F)cc1C(F)(F)F)c1c(-c2cccc(C=CC=O)c2)c2cc(C)c(Cl)cc2oc1=O. The first-order valence-electron chi connectivity index (χ1n) is 11.1. The average molecular weight is 544 g/mol. The standard InChI is InChI=1S/C28H18ClF4NO4/c1-15-11-20-24(14-22(15)29)38-27(37)26(25(20)18-7-3-5-17(12-18)6-4-10-35)34(16(2)36)23-9-8-19(30)13-21(23)28(31,32)33/h3-14H,1-2H3. The molecule has 194 valence electrons. The molecule has 0 atom stereocenters. The van der Waals surface area contributed by atoms with Crippen LogP contribution in [0.4, 0.5) is 28.9 Å². The molecule has 0 spiro atoms. The molecule has 5 nitrogen and oxygen atoms in total. The number of rotatable bonds is 5. The normalized spacial score (nSPS) is 11.8. The minimum atomic E-state index is -5.05. The molecule has 4 rings (SSSR count). The summed E-state index contributed by atoms with van der Waals surface area (Å²) >= 11 is 6.23. The van der Waals surface area contributed by atoms with E-state index in [4.69, 9.17) is 16.0 Å². The number of carbonyl (C=O) groups excluding carboxylic acids is 2. The average Bonchev–Trinajstić information content (AvgIpc) is 2.84. The molecule has 38 heavy (non-hydrogen) atoms. The second-order valence-electron chi connectivity index (χ2n) is 8.34. The highest BCUT2D eigenvalue weighted by Crippen LogP contribution is 2.44. The number of allylic oxidation sites excluding steroid dienone is 1. The van der Waals surface area contributed by atoms with E-state index >= 15 is 0 Å². The number of aryl methyl sites for hydroxylation is 1. The lowest BCUT2D eigenvalue weighted by Crippen LogP contribution is -2.30. The molecule has 1 heterocycles. The van der Waals surface area contributed by atoms with Crippen molar-refractivity contribution >= 4 is 52.2 Å². The number of alkyl halides is 3. The number of nitrogens with zero attached hydrogens (tertiary/aromatic N) is 1. The van der Waals surface area contributed by atoms with E-state index in [-0.39, 0.29) is 22.2 Å². The third-order valence-electron chi connectivity index (χ3n) is 5.75. The summed E-state index contributed by atoms with van der Waals surface area (Å²) in [6.07, 6.45) is -1.74. The fraction of sp³-hybridized carbons (Fsp3) is 0.107. The zero-order valence-electron chi connectivity index (χ0n) is 19.9. The van der Waals surface area contributed by atoms with Crippen LogP contribution in [0.2, 0.25) is 5.02 Å². The number of amides is 1. The van der Waals surface area contributed by atoms with Crippen LogP contribution >= 0.6 is 11.6 Å². The Morgan fingerprint density at radius 1 is 1.08 bits per heavy atom. The number of carbonyl (C=O) groups is 2. The Kier molecular flexibility index (Phi) is 7.24. The summed E-state index contributed by atoms with van der Waals surface area (Å²) in [5.41, 5.74) is -2.23. The van der Waals surface area contributed by atoms with Crippen molar-refractivity contribution in [3.63, 3.8) is 0 Å². The van der Waals surface area contributed by atoms with Gasteiger partial charge in [-0.05, 0) is 60.0 Å². The predicted molar refractivity (Wildman–Crippen MR) is 137 cm³/mol. The smallest absolute Gasteiger partial charge is 0.418 e. The van der Waals surface area contributed by atoms with Crippen LogP contribution in [-0.4, -0.2) is 12.2 Å². The van der Waals surface area contributed by atoms with E-state index < -0.39 is 40.5 Å². The van der Waals surface area contributed by atoms with Gasteiger partial charge in [0.15, 0.2) is 0 Å². The molecular formula is C28H18ClF4NO4.